The number of carboxylic acid groups (broad SMARTS) is 1. The number of anilines is 1. The first-order valence-corrected chi connectivity index (χ1v) is 11.9. The molecule has 33 heavy (non-hydrogen) atoms. The minimum atomic E-state index is -1.23. The van der Waals surface area contributed by atoms with Gasteiger partial charge in [-0.05, 0) is 16.0 Å². The Morgan fingerprint density at radius 3 is 2.85 bits per heavy atom. The molecule has 2 aliphatic heterocycles. The van der Waals surface area contributed by atoms with Gasteiger partial charge in [0.15, 0.2) is 5.13 Å². The molecule has 2 aromatic heterocycles. The number of hydrogen-bond acceptors (Lipinski definition) is 14. The summed E-state index contributed by atoms with van der Waals surface area (Å²) < 4.78 is 5.40. The second-order valence-corrected chi connectivity index (χ2v) is 9.40. The maximum atomic E-state index is 12.8. The van der Waals surface area contributed by atoms with Crippen LogP contribution in [-0.2, 0) is 26.3 Å². The summed E-state index contributed by atoms with van der Waals surface area (Å²) in [5.41, 5.74) is 5.76. The third kappa shape index (κ3) is 4.35. The average molecular weight is 513 g/mol. The van der Waals surface area contributed by atoms with Crippen LogP contribution >= 0.6 is 35.1 Å². The fourth-order valence-corrected chi connectivity index (χ4v) is 5.88. The fourth-order valence-electron chi connectivity index (χ4n) is 3.11. The Bertz CT molecular complexity index is 1180. The van der Waals surface area contributed by atoms with Crippen LogP contribution in [0.3, 0.4) is 0 Å². The summed E-state index contributed by atoms with van der Waals surface area (Å²) in [6.45, 7) is 0. The van der Waals surface area contributed by atoms with Crippen LogP contribution in [0.4, 0.5) is 5.13 Å². The average Bonchev–Trinajstić information content (AvgIpc) is 3.40. The molecule has 4 rings (SSSR count). The van der Waals surface area contributed by atoms with E-state index >= 15 is 0 Å². The minimum Gasteiger partial charge on any atom is -0.477 e. The van der Waals surface area contributed by atoms with Crippen molar-refractivity contribution >= 4 is 63.7 Å². The molecule has 4 heterocycles. The number of amides is 2. The number of carbonyl (C=O) groups is 3. The zero-order chi connectivity index (χ0) is 23.7. The highest BCUT2D eigenvalue weighted by Gasteiger charge is 2.54. The molecule has 2 atom stereocenters. The molecule has 2 aromatic rings. The molecule has 4 N–H and O–H groups in total. The molecule has 2 amide bonds. The monoisotopic (exact) mass is 512 g/mol. The van der Waals surface area contributed by atoms with Gasteiger partial charge in [0, 0.05) is 30.1 Å². The highest BCUT2D eigenvalue weighted by molar-refractivity contribution is 8.01. The molecule has 0 spiro atoms. The van der Waals surface area contributed by atoms with E-state index in [-0.39, 0.29) is 28.1 Å². The Balaban J connectivity index is 1.49. The van der Waals surface area contributed by atoms with Gasteiger partial charge in [0.1, 0.15) is 24.2 Å². The van der Waals surface area contributed by atoms with Gasteiger partial charge in [-0.15, -0.1) is 16.9 Å². The van der Waals surface area contributed by atoms with E-state index in [1.165, 1.54) is 40.2 Å². The largest absolute Gasteiger partial charge is 0.477 e. The van der Waals surface area contributed by atoms with Crippen LogP contribution in [0.15, 0.2) is 21.6 Å². The van der Waals surface area contributed by atoms with E-state index in [4.69, 9.17) is 10.6 Å². The molecule has 1 fully saturated rings. The number of aryl methyl sites for hydroxylation is 1. The fraction of sp³-hybridized carbons (Fsp3) is 0.400. The van der Waals surface area contributed by atoms with Gasteiger partial charge in [0.05, 0.1) is 0 Å². The Morgan fingerprint density at radius 1 is 1.45 bits per heavy atom. The summed E-state index contributed by atoms with van der Waals surface area (Å²) in [6.07, 6.45) is 0. The molecule has 0 aromatic carbocycles. The number of nitrogens with two attached hydrogens (primary N) is 1. The maximum absolute atomic E-state index is 12.8. The zero-order valence-corrected chi connectivity index (χ0v) is 19.5. The Labute approximate surface area is 198 Å². The van der Waals surface area contributed by atoms with Gasteiger partial charge >= 0.3 is 5.97 Å². The predicted octanol–water partition coefficient (Wildman–Crippen LogP) is -1.47. The predicted molar refractivity (Wildman–Crippen MR) is 117 cm³/mol. The highest BCUT2D eigenvalue weighted by Crippen LogP contribution is 2.41. The van der Waals surface area contributed by atoms with E-state index in [1.807, 2.05) is 0 Å². The Hall–Kier alpha value is -3.25. The molecule has 18 heteroatoms. The summed E-state index contributed by atoms with van der Waals surface area (Å²) in [7, 11) is 2.92. The van der Waals surface area contributed by atoms with Crippen molar-refractivity contribution in [2.45, 2.75) is 16.6 Å². The second-order valence-electron chi connectivity index (χ2n) is 6.57. The molecule has 0 bridgehead atoms. The van der Waals surface area contributed by atoms with E-state index in [9.17, 15) is 19.5 Å². The number of oxime groups is 1. The van der Waals surface area contributed by atoms with Crippen LogP contribution in [0.5, 0.6) is 0 Å². The number of carbonyl (C=O) groups excluding carboxylic acids is 2. The third-order valence-corrected chi connectivity index (χ3v) is 7.52. The summed E-state index contributed by atoms with van der Waals surface area (Å²) in [5, 5.41) is 27.2. The van der Waals surface area contributed by atoms with Crippen molar-refractivity contribution in [2.24, 2.45) is 12.2 Å². The number of thioether (sulfide) groups is 2. The first kappa shape index (κ1) is 22.9. The van der Waals surface area contributed by atoms with Crippen LogP contribution in [0.2, 0.25) is 0 Å². The lowest BCUT2D eigenvalue weighted by atomic mass is 10.0. The maximum Gasteiger partial charge on any atom is 0.352 e. The number of β-lactam (4-membered cyclic amide) rings is 1. The van der Waals surface area contributed by atoms with Crippen molar-refractivity contribution in [1.82, 2.24) is 39.8 Å². The molecule has 2 aliphatic rings. The van der Waals surface area contributed by atoms with Crippen LogP contribution in [0, 0.1) is 0 Å². The van der Waals surface area contributed by atoms with Gasteiger partial charge in [-0.1, -0.05) is 16.9 Å². The van der Waals surface area contributed by atoms with Gasteiger partial charge in [-0.3, -0.25) is 14.5 Å². The third-order valence-electron chi connectivity index (χ3n) is 4.54. The Morgan fingerprint density at radius 2 is 2.24 bits per heavy atom. The normalized spacial score (nSPS) is 20.4. The quantitative estimate of drug-likeness (QED) is 0.160. The molecule has 0 aliphatic carbocycles. The molecular formula is C15H16N10O5S3. The number of nitrogen functional groups attached to an aromatic ring is 1. The summed E-state index contributed by atoms with van der Waals surface area (Å²) in [6, 6.07) is -0.952. The molecular weight excluding hydrogens is 496 g/mol. The van der Waals surface area contributed by atoms with Crippen molar-refractivity contribution < 1.29 is 24.3 Å². The lowest BCUT2D eigenvalue weighted by molar-refractivity contribution is -0.150. The Kier molecular flexibility index (Phi) is 6.47. The van der Waals surface area contributed by atoms with E-state index < -0.39 is 29.2 Å². The van der Waals surface area contributed by atoms with E-state index in [0.717, 1.165) is 11.5 Å². The molecule has 174 valence electrons. The number of tetrazole rings is 1. The van der Waals surface area contributed by atoms with Gasteiger partial charge in [0.25, 0.3) is 11.8 Å². The molecule has 0 radical (unpaired) electrons. The summed E-state index contributed by atoms with van der Waals surface area (Å²) in [5.74, 6) is -1.93. The number of nitrogens with one attached hydrogen (secondary N) is 1. The SMILES string of the molecule is CON=C(C(=O)NC1C(=O)N2C(C(=O)O)=C(CSc3nnnn3C)CS[C@H]12)c1nsc(N)n1. The molecule has 15 nitrogen and oxygen atoms in total. The van der Waals surface area contributed by atoms with Crippen molar-refractivity contribution in [3.8, 4) is 0 Å². The summed E-state index contributed by atoms with van der Waals surface area (Å²) >= 11 is 3.48. The van der Waals surface area contributed by atoms with Crippen molar-refractivity contribution in [3.63, 3.8) is 0 Å². The summed E-state index contributed by atoms with van der Waals surface area (Å²) in [4.78, 5) is 47.3. The lowest BCUT2D eigenvalue weighted by Crippen LogP contribution is -2.71. The van der Waals surface area contributed by atoms with E-state index in [1.54, 1.807) is 7.05 Å². The van der Waals surface area contributed by atoms with Gasteiger partial charge in [0.2, 0.25) is 16.7 Å². The topological polar surface area (TPSA) is 204 Å². The second kappa shape index (κ2) is 9.32. The number of hydrogen-bond donors (Lipinski definition) is 3. The van der Waals surface area contributed by atoms with Crippen LogP contribution in [0.25, 0.3) is 0 Å². The van der Waals surface area contributed by atoms with Gasteiger partial charge < -0.3 is 21.0 Å². The first-order valence-electron chi connectivity index (χ1n) is 9.08. The first-order chi connectivity index (χ1) is 15.8. The smallest absolute Gasteiger partial charge is 0.352 e. The van der Waals surface area contributed by atoms with Gasteiger partial charge in [-0.25, -0.2) is 9.48 Å². The molecule has 1 unspecified atom stereocenters. The number of aromatic nitrogens is 6. The number of carboxylic acids is 1. The van der Waals surface area contributed by atoms with Crippen LogP contribution < -0.4 is 11.1 Å². The van der Waals surface area contributed by atoms with Crippen molar-refractivity contribution in [1.29, 1.82) is 0 Å². The van der Waals surface area contributed by atoms with E-state index in [0.29, 0.717) is 16.5 Å². The lowest BCUT2D eigenvalue weighted by Gasteiger charge is -2.49. The minimum absolute atomic E-state index is 0.0412. The molecule has 1 saturated heterocycles. The van der Waals surface area contributed by atoms with Crippen molar-refractivity contribution in [2.75, 3.05) is 24.3 Å². The van der Waals surface area contributed by atoms with Crippen molar-refractivity contribution in [3.05, 3.63) is 17.1 Å². The number of nitrogens with zero attached hydrogens (tertiary/aromatic N) is 8. The van der Waals surface area contributed by atoms with Crippen LogP contribution in [0.1, 0.15) is 5.82 Å². The molecule has 0 saturated carbocycles. The van der Waals surface area contributed by atoms with E-state index in [2.05, 4.69) is 35.4 Å². The standard InChI is InChI=1S/C15H16N10O5S3/c1-24-15(19-22-23-24)32-4-5-3-31-12-7(11(27)25(12)8(5)13(28)29)17-10(26)6(20-30-2)9-18-14(16)33-21-9/h7,12H,3-4H2,1-2H3,(H,17,26)(H,28,29)(H2,16,18,21)/t7?,12-/m1/s1. The number of rotatable bonds is 8. The highest BCUT2D eigenvalue weighted by atomic mass is 32.2. The zero-order valence-electron chi connectivity index (χ0n) is 17.0. The number of aliphatic carboxylic acids is 1. The van der Waals surface area contributed by atoms with Gasteiger partial charge in [-0.2, -0.15) is 9.36 Å². The number of fused-ring (bicyclic) bond motifs is 1. The van der Waals surface area contributed by atoms with Crippen LogP contribution in [-0.4, -0.2) is 93.1 Å².